The summed E-state index contributed by atoms with van der Waals surface area (Å²) in [4.78, 5) is 15.8. The van der Waals surface area contributed by atoms with Crippen molar-refractivity contribution in [3.63, 3.8) is 0 Å². The Morgan fingerprint density at radius 2 is 1.97 bits per heavy atom. The SMILES string of the molecule is CC1(C)CCC[C@H](n2c(Nc3ccc(OC(F)(F)F)cc3)nc3cc(CCC(=O)O)ccc32)C1. The van der Waals surface area contributed by atoms with Crippen LogP contribution in [0.2, 0.25) is 0 Å². The van der Waals surface area contributed by atoms with Crippen LogP contribution in [0.25, 0.3) is 11.0 Å². The maximum Gasteiger partial charge on any atom is 0.573 e. The number of nitrogens with zero attached hydrogens (tertiary/aromatic N) is 2. The molecule has 3 aromatic rings. The molecule has 4 rings (SSSR count). The van der Waals surface area contributed by atoms with Gasteiger partial charge in [-0.05, 0) is 73.1 Å². The standard InChI is InChI=1S/C25H28F3N3O3/c1-24(2)13-3-4-18(15-24)31-21-11-5-16(6-12-22(32)33)14-20(21)30-23(31)29-17-7-9-19(10-8-17)34-25(26,27)28/h5,7-11,14,18H,3-4,6,12-13,15H2,1-2H3,(H,29,30)(H,32,33)/t18-/m0/s1. The number of benzene rings is 2. The highest BCUT2D eigenvalue weighted by Crippen LogP contribution is 2.43. The number of carboxylic acids is 1. The lowest BCUT2D eigenvalue weighted by Gasteiger charge is -2.36. The molecule has 2 N–H and O–H groups in total. The predicted molar refractivity (Wildman–Crippen MR) is 123 cm³/mol. The minimum absolute atomic E-state index is 0.0421. The Bertz CT molecular complexity index is 1170. The Morgan fingerprint density at radius 3 is 2.62 bits per heavy atom. The van der Waals surface area contributed by atoms with E-state index >= 15 is 0 Å². The van der Waals surface area contributed by atoms with Gasteiger partial charge in [-0.3, -0.25) is 4.79 Å². The fourth-order valence-electron chi connectivity index (χ4n) is 4.76. The molecule has 0 amide bonds. The molecule has 1 aliphatic rings. The first kappa shape index (κ1) is 23.9. The highest BCUT2D eigenvalue weighted by molar-refractivity contribution is 5.81. The number of rotatable bonds is 7. The van der Waals surface area contributed by atoms with Crippen molar-refractivity contribution in [2.24, 2.45) is 5.41 Å². The lowest BCUT2D eigenvalue weighted by Crippen LogP contribution is -2.25. The lowest BCUT2D eigenvalue weighted by atomic mass is 9.75. The first-order valence-corrected chi connectivity index (χ1v) is 11.3. The lowest BCUT2D eigenvalue weighted by molar-refractivity contribution is -0.274. The summed E-state index contributed by atoms with van der Waals surface area (Å²) in [5, 5.41) is 12.3. The number of anilines is 2. The van der Waals surface area contributed by atoms with Crippen LogP contribution in [-0.4, -0.2) is 27.0 Å². The van der Waals surface area contributed by atoms with Crippen molar-refractivity contribution >= 4 is 28.6 Å². The summed E-state index contributed by atoms with van der Waals surface area (Å²) in [5.41, 5.74) is 3.37. The van der Waals surface area contributed by atoms with E-state index in [-0.39, 0.29) is 23.6 Å². The molecule has 9 heteroatoms. The Morgan fingerprint density at radius 1 is 1.24 bits per heavy atom. The molecule has 1 saturated carbocycles. The predicted octanol–water partition coefficient (Wildman–Crippen LogP) is 6.84. The molecule has 1 aromatic heterocycles. The third-order valence-corrected chi connectivity index (χ3v) is 6.27. The molecular formula is C25H28F3N3O3. The Hall–Kier alpha value is -3.23. The Labute approximate surface area is 195 Å². The molecule has 1 aliphatic carbocycles. The van der Waals surface area contributed by atoms with E-state index < -0.39 is 12.3 Å². The monoisotopic (exact) mass is 475 g/mol. The summed E-state index contributed by atoms with van der Waals surface area (Å²) in [6.45, 7) is 4.52. The quantitative estimate of drug-likeness (QED) is 0.391. The number of aliphatic carboxylic acids is 1. The molecule has 0 saturated heterocycles. The minimum Gasteiger partial charge on any atom is -0.481 e. The van der Waals surface area contributed by atoms with Gasteiger partial charge in [-0.15, -0.1) is 13.2 Å². The van der Waals surface area contributed by atoms with Gasteiger partial charge in [-0.1, -0.05) is 26.3 Å². The van der Waals surface area contributed by atoms with E-state index in [1.807, 2.05) is 18.2 Å². The molecule has 6 nitrogen and oxygen atoms in total. The van der Waals surface area contributed by atoms with Crippen LogP contribution in [0.15, 0.2) is 42.5 Å². The summed E-state index contributed by atoms with van der Waals surface area (Å²) >= 11 is 0. The molecule has 0 radical (unpaired) electrons. The van der Waals surface area contributed by atoms with E-state index in [1.165, 1.54) is 24.3 Å². The number of carboxylic acid groups (broad SMARTS) is 1. The third kappa shape index (κ3) is 5.81. The van der Waals surface area contributed by atoms with Crippen molar-refractivity contribution in [3.05, 3.63) is 48.0 Å². The molecular weight excluding hydrogens is 447 g/mol. The number of halogens is 3. The fourth-order valence-corrected chi connectivity index (χ4v) is 4.76. The van der Waals surface area contributed by atoms with Crippen LogP contribution in [0.4, 0.5) is 24.8 Å². The number of alkyl halides is 3. The molecule has 0 unspecified atom stereocenters. The fraction of sp³-hybridized carbons (Fsp3) is 0.440. The Kier molecular flexibility index (Phi) is 6.47. The second-order valence-corrected chi connectivity index (χ2v) is 9.63. The van der Waals surface area contributed by atoms with E-state index in [9.17, 15) is 18.0 Å². The zero-order valence-electron chi connectivity index (χ0n) is 19.2. The highest BCUT2D eigenvalue weighted by Gasteiger charge is 2.32. The first-order chi connectivity index (χ1) is 16.0. The zero-order valence-corrected chi connectivity index (χ0v) is 19.2. The molecule has 182 valence electrons. The van der Waals surface area contributed by atoms with Gasteiger partial charge in [0.25, 0.3) is 0 Å². The number of hydrogen-bond donors (Lipinski definition) is 2. The van der Waals surface area contributed by atoms with Crippen LogP contribution in [-0.2, 0) is 11.2 Å². The molecule has 1 atom stereocenters. The van der Waals surface area contributed by atoms with Gasteiger partial charge < -0.3 is 19.7 Å². The van der Waals surface area contributed by atoms with Crippen LogP contribution in [0.1, 0.15) is 57.6 Å². The summed E-state index contributed by atoms with van der Waals surface area (Å²) in [7, 11) is 0. The van der Waals surface area contributed by atoms with E-state index in [2.05, 4.69) is 28.5 Å². The van der Waals surface area contributed by atoms with Crippen LogP contribution >= 0.6 is 0 Å². The van der Waals surface area contributed by atoms with Crippen molar-refractivity contribution in [1.82, 2.24) is 9.55 Å². The number of fused-ring (bicyclic) bond motifs is 1. The molecule has 2 aromatic carbocycles. The van der Waals surface area contributed by atoms with Gasteiger partial charge in [-0.25, -0.2) is 4.98 Å². The number of imidazole rings is 1. The number of hydrogen-bond acceptors (Lipinski definition) is 4. The summed E-state index contributed by atoms with van der Waals surface area (Å²) < 4.78 is 43.6. The van der Waals surface area contributed by atoms with Gasteiger partial charge in [0.15, 0.2) is 0 Å². The highest BCUT2D eigenvalue weighted by atomic mass is 19.4. The maximum absolute atomic E-state index is 12.5. The number of aromatic nitrogens is 2. The molecule has 0 bridgehead atoms. The van der Waals surface area contributed by atoms with Crippen molar-refractivity contribution in [2.75, 3.05) is 5.32 Å². The van der Waals surface area contributed by atoms with Gasteiger partial charge in [-0.2, -0.15) is 0 Å². The first-order valence-electron chi connectivity index (χ1n) is 11.3. The number of aryl methyl sites for hydroxylation is 1. The van der Waals surface area contributed by atoms with E-state index in [4.69, 9.17) is 10.1 Å². The molecule has 1 heterocycles. The van der Waals surface area contributed by atoms with Crippen molar-refractivity contribution in [2.45, 2.75) is 64.8 Å². The third-order valence-electron chi connectivity index (χ3n) is 6.27. The number of ether oxygens (including phenoxy) is 1. The van der Waals surface area contributed by atoms with Gasteiger partial charge in [0.1, 0.15) is 5.75 Å². The van der Waals surface area contributed by atoms with Crippen LogP contribution in [0.5, 0.6) is 5.75 Å². The summed E-state index contributed by atoms with van der Waals surface area (Å²) in [6, 6.07) is 11.6. The Balaban J connectivity index is 1.68. The van der Waals surface area contributed by atoms with Gasteiger partial charge in [0.05, 0.1) is 11.0 Å². The minimum atomic E-state index is -4.74. The van der Waals surface area contributed by atoms with Gasteiger partial charge >= 0.3 is 12.3 Å². The zero-order chi connectivity index (χ0) is 24.5. The van der Waals surface area contributed by atoms with E-state index in [0.717, 1.165) is 42.3 Å². The maximum atomic E-state index is 12.5. The average molecular weight is 476 g/mol. The van der Waals surface area contributed by atoms with Gasteiger partial charge in [0, 0.05) is 18.2 Å². The second-order valence-electron chi connectivity index (χ2n) is 9.63. The second kappa shape index (κ2) is 9.19. The topological polar surface area (TPSA) is 76.4 Å². The average Bonchev–Trinajstić information content (AvgIpc) is 3.09. The van der Waals surface area contributed by atoms with E-state index in [1.54, 1.807) is 0 Å². The largest absolute Gasteiger partial charge is 0.573 e. The number of nitrogens with one attached hydrogen (secondary N) is 1. The van der Waals surface area contributed by atoms with Crippen LogP contribution in [0.3, 0.4) is 0 Å². The van der Waals surface area contributed by atoms with Gasteiger partial charge in [0.2, 0.25) is 5.95 Å². The van der Waals surface area contributed by atoms with Crippen LogP contribution in [0, 0.1) is 5.41 Å². The van der Waals surface area contributed by atoms with Crippen LogP contribution < -0.4 is 10.1 Å². The normalized spacial score (nSPS) is 18.1. The summed E-state index contributed by atoms with van der Waals surface area (Å²) in [5.74, 6) is -0.531. The van der Waals surface area contributed by atoms with Crippen molar-refractivity contribution in [3.8, 4) is 5.75 Å². The molecule has 1 fully saturated rings. The molecule has 34 heavy (non-hydrogen) atoms. The summed E-state index contributed by atoms with van der Waals surface area (Å²) in [6.07, 6.45) is -0.0572. The van der Waals surface area contributed by atoms with E-state index in [0.29, 0.717) is 18.1 Å². The number of carbonyl (C=O) groups is 1. The van der Waals surface area contributed by atoms with Crippen molar-refractivity contribution < 1.29 is 27.8 Å². The smallest absolute Gasteiger partial charge is 0.481 e. The molecule has 0 aliphatic heterocycles. The van der Waals surface area contributed by atoms with Crippen molar-refractivity contribution in [1.29, 1.82) is 0 Å². The molecule has 0 spiro atoms.